The summed E-state index contributed by atoms with van der Waals surface area (Å²) in [6.45, 7) is 26.2. The second kappa shape index (κ2) is 17.3. The van der Waals surface area contributed by atoms with Crippen LogP contribution in [0.4, 0.5) is 51.2 Å². The number of benzene rings is 9. The molecule has 0 aromatic heterocycles. The topological polar surface area (TPSA) is 9.72 Å². The average molecular weight is 962 g/mol. The Hall–Kier alpha value is -7.56. The summed E-state index contributed by atoms with van der Waals surface area (Å²) in [6, 6.07) is 75.9. The highest BCUT2D eigenvalue weighted by Crippen LogP contribution is 2.55. The van der Waals surface area contributed by atoms with Gasteiger partial charge in [-0.15, -0.1) is 0 Å². The fourth-order valence-electron chi connectivity index (χ4n) is 12.9. The molecule has 0 spiro atoms. The van der Waals surface area contributed by atoms with Crippen molar-refractivity contribution in [3.63, 3.8) is 0 Å². The second-order valence-electron chi connectivity index (χ2n) is 24.6. The molecule has 0 saturated carbocycles. The summed E-state index contributed by atoms with van der Waals surface area (Å²) in [5.74, 6) is 0. The quantitative estimate of drug-likeness (QED) is 0.147. The first-order valence-electron chi connectivity index (χ1n) is 26.8. The van der Waals surface area contributed by atoms with Gasteiger partial charge in [0.15, 0.2) is 0 Å². The summed E-state index contributed by atoms with van der Waals surface area (Å²) in [6.07, 6.45) is 1.08. The lowest BCUT2D eigenvalue weighted by atomic mass is 9.33. The fraction of sp³-hybridized carbons (Fsp3) is 0.229. The molecular weight excluding hydrogens is 894 g/mol. The van der Waals surface area contributed by atoms with E-state index in [0.29, 0.717) is 0 Å². The molecule has 9 aromatic rings. The van der Waals surface area contributed by atoms with Gasteiger partial charge in [-0.2, -0.15) is 0 Å². The number of para-hydroxylation sites is 2. The van der Waals surface area contributed by atoms with E-state index in [1.54, 1.807) is 0 Å². The summed E-state index contributed by atoms with van der Waals surface area (Å²) in [4.78, 5) is 7.77. The zero-order chi connectivity index (χ0) is 51.5. The van der Waals surface area contributed by atoms with E-state index in [1.165, 1.54) is 101 Å². The minimum Gasteiger partial charge on any atom is -0.311 e. The molecule has 0 atom stereocenters. The number of aryl methyl sites for hydroxylation is 1. The van der Waals surface area contributed by atoms with Gasteiger partial charge in [0.1, 0.15) is 0 Å². The monoisotopic (exact) mass is 962 g/mol. The Morgan fingerprint density at radius 3 is 1.46 bits per heavy atom. The van der Waals surface area contributed by atoms with Crippen molar-refractivity contribution in [2.75, 3.05) is 14.7 Å². The lowest BCUT2D eigenvalue weighted by molar-refractivity contribution is 0.403. The van der Waals surface area contributed by atoms with Crippen molar-refractivity contribution in [2.24, 2.45) is 0 Å². The highest BCUT2D eigenvalue weighted by molar-refractivity contribution is 7.00. The van der Waals surface area contributed by atoms with Crippen LogP contribution < -0.4 is 31.1 Å². The molecule has 0 unspecified atom stereocenters. The number of nitrogens with zero attached hydrogens (tertiary/aromatic N) is 3. The summed E-state index contributed by atoms with van der Waals surface area (Å²) < 4.78 is 0. The van der Waals surface area contributed by atoms with Crippen LogP contribution >= 0.6 is 0 Å². The molecule has 3 nitrogen and oxygen atoms in total. The molecule has 0 radical (unpaired) electrons. The molecule has 12 rings (SSSR count). The van der Waals surface area contributed by atoms with E-state index < -0.39 is 0 Å². The maximum absolute atomic E-state index is 2.68. The normalized spacial score (nSPS) is 15.0. The first kappa shape index (κ1) is 47.4. The van der Waals surface area contributed by atoms with E-state index in [4.69, 9.17) is 0 Å². The van der Waals surface area contributed by atoms with Crippen LogP contribution in [0.3, 0.4) is 0 Å². The van der Waals surface area contributed by atoms with Crippen LogP contribution in [0.15, 0.2) is 200 Å². The van der Waals surface area contributed by atoms with Gasteiger partial charge in [-0.25, -0.2) is 0 Å². The Balaban J connectivity index is 1.27. The fourth-order valence-corrected chi connectivity index (χ4v) is 12.9. The third kappa shape index (κ3) is 7.88. The Labute approximate surface area is 441 Å². The van der Waals surface area contributed by atoms with Crippen LogP contribution in [-0.2, 0) is 21.7 Å². The number of anilines is 9. The van der Waals surface area contributed by atoms with Crippen LogP contribution in [-0.4, -0.2) is 6.71 Å². The molecule has 2 aliphatic heterocycles. The zero-order valence-corrected chi connectivity index (χ0v) is 45.2. The third-order valence-electron chi connectivity index (χ3n) is 16.4. The van der Waals surface area contributed by atoms with Crippen molar-refractivity contribution < 1.29 is 0 Å². The van der Waals surface area contributed by atoms with Crippen molar-refractivity contribution in [3.05, 3.63) is 228 Å². The van der Waals surface area contributed by atoms with E-state index in [-0.39, 0.29) is 28.4 Å². The Morgan fingerprint density at radius 1 is 0.405 bits per heavy atom. The van der Waals surface area contributed by atoms with Crippen LogP contribution in [0.1, 0.15) is 103 Å². The van der Waals surface area contributed by atoms with E-state index in [0.717, 1.165) is 23.5 Å². The minimum absolute atomic E-state index is 0.00708. The average Bonchev–Trinajstić information content (AvgIpc) is 3.61. The number of fused-ring (bicyclic) bond motifs is 5. The van der Waals surface area contributed by atoms with Gasteiger partial charge in [0, 0.05) is 45.4 Å². The lowest BCUT2D eigenvalue weighted by Crippen LogP contribution is -2.62. The molecule has 4 heteroatoms. The number of rotatable bonds is 7. The molecule has 3 aliphatic rings. The maximum atomic E-state index is 2.68. The number of hydrogen-bond acceptors (Lipinski definition) is 3. The minimum atomic E-state index is -0.0747. The van der Waals surface area contributed by atoms with Crippen LogP contribution in [0, 0.1) is 6.92 Å². The molecule has 9 aromatic carbocycles. The highest BCUT2D eigenvalue weighted by Gasteiger charge is 2.49. The van der Waals surface area contributed by atoms with Gasteiger partial charge in [-0.1, -0.05) is 203 Å². The lowest BCUT2D eigenvalue weighted by Gasteiger charge is -2.46. The molecule has 0 N–H and O–H groups in total. The third-order valence-corrected chi connectivity index (χ3v) is 16.4. The molecule has 0 bridgehead atoms. The van der Waals surface area contributed by atoms with Crippen molar-refractivity contribution in [1.29, 1.82) is 0 Å². The molecule has 0 saturated heterocycles. The van der Waals surface area contributed by atoms with E-state index in [9.17, 15) is 0 Å². The van der Waals surface area contributed by atoms with Gasteiger partial charge in [0.25, 0.3) is 6.71 Å². The van der Waals surface area contributed by atoms with Crippen molar-refractivity contribution >= 4 is 74.3 Å². The molecule has 366 valence electrons. The van der Waals surface area contributed by atoms with Gasteiger partial charge >= 0.3 is 0 Å². The van der Waals surface area contributed by atoms with E-state index >= 15 is 0 Å². The highest BCUT2D eigenvalue weighted by atomic mass is 15.2. The molecule has 1 aliphatic carbocycles. The summed E-state index contributed by atoms with van der Waals surface area (Å²) in [5, 5.41) is 0. The predicted octanol–water partition coefficient (Wildman–Crippen LogP) is 17.4. The van der Waals surface area contributed by atoms with Crippen molar-refractivity contribution in [1.82, 2.24) is 0 Å². The summed E-state index contributed by atoms with van der Waals surface area (Å²) in [5.41, 5.74) is 26.0. The SMILES string of the molecule is Cc1ccc(-c2ccccc2)cc1N1c2ccc(C(C)(C)C)cc2B2c3cc4c(cc3N(c3ccc(C(C)(C)C)cc3-c3ccccc3)c3cc(N(c5ccccc5)c5ccccc5)cc1c32)C(C)(C)CC4(C)C. The molecule has 74 heavy (non-hydrogen) atoms. The van der Waals surface area contributed by atoms with Crippen LogP contribution in [0.2, 0.25) is 0 Å². The molecular formula is C70H68BN3. The summed E-state index contributed by atoms with van der Waals surface area (Å²) >= 11 is 0. The smallest absolute Gasteiger partial charge is 0.252 e. The standard InChI is InChI=1S/C70H68BN3/c1-46-32-33-49(47-24-16-12-17-25-47)38-62(46)74-61-37-35-51(68(5,6)7)40-58(61)71-59-43-56-57(70(10,11)45-69(56,8)9)44-63(59)73(60-36-34-50(67(2,3)4)39-55(60)48-26-18-13-19-27-48)64-41-54(42-65(74)66(64)71)72(52-28-20-14-21-29-52)53-30-22-15-23-31-53/h12-44H,45H2,1-11H3. The predicted molar refractivity (Wildman–Crippen MR) is 319 cm³/mol. The molecule has 2 heterocycles. The second-order valence-corrected chi connectivity index (χ2v) is 24.6. The Bertz CT molecular complexity index is 3580. The van der Waals surface area contributed by atoms with E-state index in [1.807, 2.05) is 0 Å². The van der Waals surface area contributed by atoms with Crippen LogP contribution in [0.25, 0.3) is 22.3 Å². The van der Waals surface area contributed by atoms with Gasteiger partial charge in [0.2, 0.25) is 0 Å². The van der Waals surface area contributed by atoms with Gasteiger partial charge in [-0.3, -0.25) is 0 Å². The Morgan fingerprint density at radius 2 is 0.892 bits per heavy atom. The molecule has 0 fully saturated rings. The zero-order valence-electron chi connectivity index (χ0n) is 45.2. The van der Waals surface area contributed by atoms with Gasteiger partial charge in [-0.05, 0) is 163 Å². The van der Waals surface area contributed by atoms with Crippen molar-refractivity contribution in [2.45, 2.75) is 104 Å². The first-order valence-corrected chi connectivity index (χ1v) is 26.8. The van der Waals surface area contributed by atoms with Gasteiger partial charge in [0.05, 0.1) is 11.4 Å². The largest absolute Gasteiger partial charge is 0.311 e. The molecule has 0 amide bonds. The van der Waals surface area contributed by atoms with E-state index in [2.05, 4.69) is 291 Å². The summed E-state index contributed by atoms with van der Waals surface area (Å²) in [7, 11) is 0. The number of hydrogen-bond donors (Lipinski definition) is 0. The maximum Gasteiger partial charge on any atom is 0.252 e. The van der Waals surface area contributed by atoms with Crippen molar-refractivity contribution in [3.8, 4) is 22.3 Å². The van der Waals surface area contributed by atoms with Crippen LogP contribution in [0.5, 0.6) is 0 Å². The Kier molecular flexibility index (Phi) is 11.1. The first-order chi connectivity index (χ1) is 35.4. The van der Waals surface area contributed by atoms with Gasteiger partial charge < -0.3 is 14.7 Å².